The molecule has 1 unspecified atom stereocenters. The number of amides is 1. The molecule has 4 rings (SSSR count). The van der Waals surface area contributed by atoms with Crippen molar-refractivity contribution in [3.63, 3.8) is 0 Å². The summed E-state index contributed by atoms with van der Waals surface area (Å²) in [6.07, 6.45) is 9.58. The van der Waals surface area contributed by atoms with Gasteiger partial charge in [-0.1, -0.05) is 73.5 Å². The summed E-state index contributed by atoms with van der Waals surface area (Å²) in [6.45, 7) is 3.94. The minimum atomic E-state index is 0.133. The second-order valence-electron chi connectivity index (χ2n) is 8.61. The van der Waals surface area contributed by atoms with E-state index in [1.165, 1.54) is 44.0 Å². The highest BCUT2D eigenvalue weighted by Gasteiger charge is 2.34. The number of hydrogen-bond acceptors (Lipinski definition) is 2. The summed E-state index contributed by atoms with van der Waals surface area (Å²) in [7, 11) is 0. The van der Waals surface area contributed by atoms with Gasteiger partial charge >= 0.3 is 0 Å². The van der Waals surface area contributed by atoms with Crippen molar-refractivity contribution in [3.05, 3.63) is 58.8 Å². The molecule has 0 spiro atoms. The van der Waals surface area contributed by atoms with E-state index in [4.69, 9.17) is 4.98 Å². The van der Waals surface area contributed by atoms with Crippen molar-refractivity contribution in [2.45, 2.75) is 70.8 Å². The molecule has 1 aliphatic heterocycles. The van der Waals surface area contributed by atoms with Gasteiger partial charge in [-0.15, -0.1) is 0 Å². The highest BCUT2D eigenvalue weighted by Crippen LogP contribution is 2.33. The summed E-state index contributed by atoms with van der Waals surface area (Å²) in [5.41, 5.74) is 3.19. The fourth-order valence-corrected chi connectivity index (χ4v) is 4.88. The number of aromatic nitrogens is 2. The fourth-order valence-electron chi connectivity index (χ4n) is 4.62. The lowest BCUT2D eigenvalue weighted by molar-refractivity contribution is -0.117. The molecule has 0 radical (unpaired) electrons. The van der Waals surface area contributed by atoms with Crippen molar-refractivity contribution in [3.8, 4) is 0 Å². The van der Waals surface area contributed by atoms with Crippen LogP contribution in [0.2, 0.25) is 0 Å². The fraction of sp³-hybridized carbons (Fsp3) is 0.462. The second-order valence-corrected chi connectivity index (χ2v) is 9.53. The Morgan fingerprint density at radius 2 is 1.68 bits per heavy atom. The quantitative estimate of drug-likeness (QED) is 0.290. The monoisotopic (exact) mass is 481 g/mol. The van der Waals surface area contributed by atoms with E-state index in [9.17, 15) is 4.79 Å². The van der Waals surface area contributed by atoms with Crippen LogP contribution >= 0.6 is 15.9 Å². The van der Waals surface area contributed by atoms with E-state index in [0.717, 1.165) is 34.5 Å². The molecule has 5 heteroatoms. The van der Waals surface area contributed by atoms with Gasteiger partial charge in [-0.2, -0.15) is 0 Å². The Kier molecular flexibility index (Phi) is 7.44. The van der Waals surface area contributed by atoms with Crippen molar-refractivity contribution in [2.75, 3.05) is 11.4 Å². The Balaban J connectivity index is 1.49. The summed E-state index contributed by atoms with van der Waals surface area (Å²) in [4.78, 5) is 19.7. The number of fused-ring (bicyclic) bond motifs is 1. The minimum Gasteiger partial charge on any atom is -0.328 e. The van der Waals surface area contributed by atoms with E-state index >= 15 is 0 Å². The topological polar surface area (TPSA) is 38.1 Å². The molecule has 1 aliphatic rings. The molecule has 0 aliphatic carbocycles. The number of anilines is 1. The molecule has 1 fully saturated rings. The Labute approximate surface area is 193 Å². The van der Waals surface area contributed by atoms with Gasteiger partial charge in [0.15, 0.2) is 0 Å². The van der Waals surface area contributed by atoms with Crippen molar-refractivity contribution in [1.82, 2.24) is 9.55 Å². The molecule has 1 aromatic heterocycles. The average molecular weight is 482 g/mol. The van der Waals surface area contributed by atoms with Gasteiger partial charge in [-0.05, 0) is 42.8 Å². The molecule has 3 aromatic rings. The van der Waals surface area contributed by atoms with Gasteiger partial charge in [-0.25, -0.2) is 4.98 Å². The number of benzene rings is 2. The normalized spacial score (nSPS) is 16.5. The number of para-hydroxylation sites is 2. The Morgan fingerprint density at radius 1 is 0.968 bits per heavy atom. The van der Waals surface area contributed by atoms with Crippen molar-refractivity contribution >= 4 is 38.6 Å². The third-order valence-electron chi connectivity index (χ3n) is 6.30. The van der Waals surface area contributed by atoms with Crippen LogP contribution in [0.1, 0.15) is 70.0 Å². The maximum atomic E-state index is 12.8. The number of unbranched alkanes of at least 4 members (excludes halogenated alkanes) is 6. The zero-order valence-corrected chi connectivity index (χ0v) is 20.0. The van der Waals surface area contributed by atoms with Crippen LogP contribution in [0.25, 0.3) is 11.0 Å². The lowest BCUT2D eigenvalue weighted by Gasteiger charge is -2.17. The first-order valence-corrected chi connectivity index (χ1v) is 12.5. The van der Waals surface area contributed by atoms with Gasteiger partial charge in [0.2, 0.25) is 5.91 Å². The van der Waals surface area contributed by atoms with Crippen molar-refractivity contribution in [1.29, 1.82) is 0 Å². The van der Waals surface area contributed by atoms with E-state index in [2.05, 4.69) is 45.6 Å². The van der Waals surface area contributed by atoms with Gasteiger partial charge in [-0.3, -0.25) is 4.79 Å². The Hall–Kier alpha value is -2.14. The number of rotatable bonds is 10. The molecule has 2 aromatic carbocycles. The second kappa shape index (κ2) is 10.4. The first-order chi connectivity index (χ1) is 15.2. The molecule has 0 N–H and O–H groups in total. The van der Waals surface area contributed by atoms with Crippen LogP contribution in [0.5, 0.6) is 0 Å². The number of aryl methyl sites for hydroxylation is 1. The van der Waals surface area contributed by atoms with Gasteiger partial charge in [0.05, 0.1) is 11.0 Å². The number of imidazole rings is 1. The number of hydrogen-bond donors (Lipinski definition) is 0. The summed E-state index contributed by atoms with van der Waals surface area (Å²) in [5.74, 6) is 1.38. The first-order valence-electron chi connectivity index (χ1n) is 11.7. The lowest BCUT2D eigenvalue weighted by atomic mass is 10.1. The summed E-state index contributed by atoms with van der Waals surface area (Å²) in [6, 6.07) is 16.4. The van der Waals surface area contributed by atoms with E-state index in [0.29, 0.717) is 13.0 Å². The largest absolute Gasteiger partial charge is 0.328 e. The van der Waals surface area contributed by atoms with Crippen LogP contribution in [0.15, 0.2) is 53.0 Å². The van der Waals surface area contributed by atoms with Gasteiger partial charge < -0.3 is 9.47 Å². The van der Waals surface area contributed by atoms with Crippen LogP contribution in [0.4, 0.5) is 5.69 Å². The van der Waals surface area contributed by atoms with Crippen molar-refractivity contribution < 1.29 is 4.79 Å². The summed E-state index contributed by atoms with van der Waals surface area (Å²) < 4.78 is 3.40. The average Bonchev–Trinajstić information content (AvgIpc) is 3.34. The maximum Gasteiger partial charge on any atom is 0.227 e. The number of halogens is 1. The molecule has 0 saturated carbocycles. The predicted molar refractivity (Wildman–Crippen MR) is 132 cm³/mol. The van der Waals surface area contributed by atoms with Crippen LogP contribution in [-0.4, -0.2) is 22.0 Å². The first kappa shape index (κ1) is 22.1. The standard InChI is InChI=1S/C26H32BrN3O/c1-2-3-4-5-6-7-10-17-29-24-12-9-8-11-23(24)28-26(29)20-18-25(31)30(19-20)22-15-13-21(27)14-16-22/h8-9,11-16,20H,2-7,10,17-19H2,1H3. The highest BCUT2D eigenvalue weighted by atomic mass is 79.9. The molecular formula is C26H32BrN3O. The van der Waals surface area contributed by atoms with Gasteiger partial charge in [0, 0.05) is 35.6 Å². The third-order valence-corrected chi connectivity index (χ3v) is 6.83. The van der Waals surface area contributed by atoms with E-state index in [1.54, 1.807) is 0 Å². The number of carbonyl (C=O) groups excluding carboxylic acids is 1. The predicted octanol–water partition coefficient (Wildman–Crippen LogP) is 7.07. The molecular weight excluding hydrogens is 450 g/mol. The maximum absolute atomic E-state index is 12.8. The molecule has 4 nitrogen and oxygen atoms in total. The highest BCUT2D eigenvalue weighted by molar-refractivity contribution is 9.10. The zero-order chi connectivity index (χ0) is 21.6. The number of carbonyl (C=O) groups is 1. The molecule has 164 valence electrons. The zero-order valence-electron chi connectivity index (χ0n) is 18.4. The van der Waals surface area contributed by atoms with Gasteiger partial charge in [0.1, 0.15) is 5.82 Å². The molecule has 2 heterocycles. The van der Waals surface area contributed by atoms with E-state index in [1.807, 2.05) is 35.2 Å². The van der Waals surface area contributed by atoms with Crippen LogP contribution in [0.3, 0.4) is 0 Å². The van der Waals surface area contributed by atoms with Crippen molar-refractivity contribution in [2.24, 2.45) is 0 Å². The third kappa shape index (κ3) is 5.20. The lowest BCUT2D eigenvalue weighted by Crippen LogP contribution is -2.24. The summed E-state index contributed by atoms with van der Waals surface area (Å²) >= 11 is 3.48. The smallest absolute Gasteiger partial charge is 0.227 e. The van der Waals surface area contributed by atoms with Crippen LogP contribution < -0.4 is 4.90 Å². The molecule has 1 atom stereocenters. The van der Waals surface area contributed by atoms with E-state index < -0.39 is 0 Å². The molecule has 0 bridgehead atoms. The molecule has 31 heavy (non-hydrogen) atoms. The minimum absolute atomic E-state index is 0.133. The van der Waals surface area contributed by atoms with Crippen LogP contribution in [0, 0.1) is 0 Å². The Bertz CT molecular complexity index is 1010. The molecule has 1 saturated heterocycles. The number of nitrogens with zero attached hydrogens (tertiary/aromatic N) is 3. The Morgan fingerprint density at radius 3 is 2.45 bits per heavy atom. The molecule has 1 amide bonds. The summed E-state index contributed by atoms with van der Waals surface area (Å²) in [5, 5.41) is 0. The van der Waals surface area contributed by atoms with Gasteiger partial charge in [0.25, 0.3) is 0 Å². The van der Waals surface area contributed by atoms with Crippen LogP contribution in [-0.2, 0) is 11.3 Å². The SMILES string of the molecule is CCCCCCCCCn1c(C2CC(=O)N(c3ccc(Br)cc3)C2)nc2ccccc21. The van der Waals surface area contributed by atoms with E-state index in [-0.39, 0.29) is 11.8 Å².